The maximum atomic E-state index is 12.9. The first-order valence-corrected chi connectivity index (χ1v) is 9.81. The van der Waals surface area contributed by atoms with Crippen LogP contribution in [0.5, 0.6) is 5.75 Å². The van der Waals surface area contributed by atoms with Crippen molar-refractivity contribution in [3.8, 4) is 17.1 Å². The molecule has 1 amide bonds. The second-order valence-corrected chi connectivity index (χ2v) is 7.64. The summed E-state index contributed by atoms with van der Waals surface area (Å²) in [6.45, 7) is 0.454. The highest BCUT2D eigenvalue weighted by atomic mass is 32.2. The second-order valence-electron chi connectivity index (χ2n) is 6.70. The summed E-state index contributed by atoms with van der Waals surface area (Å²) in [5.41, 5.74) is 0.785. The highest BCUT2D eigenvalue weighted by Crippen LogP contribution is 2.36. The van der Waals surface area contributed by atoms with E-state index < -0.39 is 24.7 Å². The molecule has 6 nitrogen and oxygen atoms in total. The lowest BCUT2D eigenvalue weighted by atomic mass is 10.2. The number of thioether (sulfide) groups is 1. The number of amides is 1. The van der Waals surface area contributed by atoms with E-state index in [1.807, 2.05) is 0 Å². The van der Waals surface area contributed by atoms with E-state index in [0.717, 1.165) is 35.1 Å². The quantitative estimate of drug-likeness (QED) is 0.666. The molecule has 0 spiro atoms. The van der Waals surface area contributed by atoms with Crippen LogP contribution >= 0.6 is 11.8 Å². The van der Waals surface area contributed by atoms with Gasteiger partial charge in [0.1, 0.15) is 12.3 Å². The van der Waals surface area contributed by atoms with E-state index >= 15 is 0 Å². The van der Waals surface area contributed by atoms with Crippen molar-refractivity contribution in [1.29, 1.82) is 0 Å². The van der Waals surface area contributed by atoms with Crippen LogP contribution in [0.3, 0.4) is 0 Å². The molecule has 1 aliphatic rings. The Morgan fingerprint density at radius 1 is 1.36 bits per heavy atom. The zero-order chi connectivity index (χ0) is 20.3. The van der Waals surface area contributed by atoms with Crippen molar-refractivity contribution in [2.75, 3.05) is 19.4 Å². The van der Waals surface area contributed by atoms with Crippen molar-refractivity contribution < 1.29 is 22.7 Å². The summed E-state index contributed by atoms with van der Waals surface area (Å²) in [6, 6.07) is 6.75. The van der Waals surface area contributed by atoms with Crippen LogP contribution in [-0.4, -0.2) is 57.6 Å². The lowest BCUT2D eigenvalue weighted by Crippen LogP contribution is -2.46. The lowest BCUT2D eigenvalue weighted by Gasteiger charge is -2.30. The van der Waals surface area contributed by atoms with Crippen molar-refractivity contribution in [2.24, 2.45) is 5.92 Å². The number of aromatic amines is 1. The molecule has 0 radical (unpaired) electrons. The van der Waals surface area contributed by atoms with E-state index in [0.29, 0.717) is 16.7 Å². The topological polar surface area (TPSA) is 71.1 Å². The Hall–Kier alpha value is -2.23. The predicted molar refractivity (Wildman–Crippen MR) is 99.0 cm³/mol. The number of methoxy groups -OCH3 is 1. The van der Waals surface area contributed by atoms with Crippen LogP contribution in [0.25, 0.3) is 11.4 Å². The Kier molecular flexibility index (Phi) is 6.17. The van der Waals surface area contributed by atoms with Crippen LogP contribution in [-0.2, 0) is 4.79 Å². The minimum Gasteiger partial charge on any atom is -0.497 e. The Bertz CT molecular complexity index is 806. The molecule has 1 aromatic carbocycles. The summed E-state index contributed by atoms with van der Waals surface area (Å²) in [5.74, 6) is 0.667. The molecular weight excluding hydrogens is 393 g/mol. The van der Waals surface area contributed by atoms with E-state index in [1.54, 1.807) is 38.3 Å². The van der Waals surface area contributed by atoms with Gasteiger partial charge in [0, 0.05) is 11.6 Å². The number of alkyl halides is 3. The molecule has 2 aromatic rings. The number of hydrogen-bond acceptors (Lipinski definition) is 5. The van der Waals surface area contributed by atoms with Crippen molar-refractivity contribution >= 4 is 17.7 Å². The first-order chi connectivity index (χ1) is 13.3. The van der Waals surface area contributed by atoms with Gasteiger partial charge in [-0.1, -0.05) is 11.8 Å². The third-order valence-electron chi connectivity index (χ3n) is 4.62. The van der Waals surface area contributed by atoms with Crippen LogP contribution in [0, 0.1) is 5.92 Å². The fraction of sp³-hybridized carbons (Fsp3) is 0.500. The molecule has 1 fully saturated rings. The average Bonchev–Trinajstić information content (AvgIpc) is 3.41. The summed E-state index contributed by atoms with van der Waals surface area (Å²) in [6.07, 6.45) is -2.69. The minimum absolute atomic E-state index is 0.146. The SMILES string of the molecule is COc1ccc(-c2nc(SCC(=O)N(CC(F)(F)F)[C@H](C)C3CC3)n[nH]2)cc1. The van der Waals surface area contributed by atoms with Gasteiger partial charge in [0.2, 0.25) is 11.1 Å². The molecule has 0 aliphatic heterocycles. The third-order valence-corrected chi connectivity index (χ3v) is 5.45. The molecular formula is C18H21F3N4O2S. The van der Waals surface area contributed by atoms with Gasteiger partial charge in [0.15, 0.2) is 5.82 Å². The van der Waals surface area contributed by atoms with Crippen LogP contribution in [0.4, 0.5) is 13.2 Å². The number of nitrogens with one attached hydrogen (secondary N) is 1. The lowest BCUT2D eigenvalue weighted by molar-refractivity contribution is -0.164. The fourth-order valence-electron chi connectivity index (χ4n) is 2.88. The molecule has 0 saturated heterocycles. The molecule has 1 aromatic heterocycles. The average molecular weight is 414 g/mol. The number of carbonyl (C=O) groups excluding carboxylic acids is 1. The molecule has 0 unspecified atom stereocenters. The van der Waals surface area contributed by atoms with E-state index in [4.69, 9.17) is 4.74 Å². The summed E-state index contributed by atoms with van der Waals surface area (Å²) >= 11 is 1.02. The Labute approximate surface area is 164 Å². The third kappa shape index (κ3) is 5.40. The fourth-order valence-corrected chi connectivity index (χ4v) is 3.57. The molecule has 0 bridgehead atoms. The number of H-pyrrole nitrogens is 1. The number of ether oxygens (including phenoxy) is 1. The maximum Gasteiger partial charge on any atom is 0.406 e. The van der Waals surface area contributed by atoms with E-state index in [9.17, 15) is 18.0 Å². The molecule has 1 heterocycles. The van der Waals surface area contributed by atoms with Crippen LogP contribution in [0.1, 0.15) is 19.8 Å². The standard InChI is InChI=1S/C18H21F3N4O2S/c1-11(12-3-4-12)25(10-18(19,20)21)15(26)9-28-17-22-16(23-24-17)13-5-7-14(27-2)8-6-13/h5-8,11-12H,3-4,9-10H2,1-2H3,(H,22,23,24)/t11-/m1/s1. The number of hydrogen-bond donors (Lipinski definition) is 1. The number of benzene rings is 1. The number of halogens is 3. The molecule has 1 saturated carbocycles. The molecule has 1 N–H and O–H groups in total. The van der Waals surface area contributed by atoms with Gasteiger partial charge >= 0.3 is 6.18 Å². The summed E-state index contributed by atoms with van der Waals surface area (Å²) in [7, 11) is 1.57. The Morgan fingerprint density at radius 3 is 2.61 bits per heavy atom. The summed E-state index contributed by atoms with van der Waals surface area (Å²) in [5, 5.41) is 7.12. The molecule has 3 rings (SSSR count). The first-order valence-electron chi connectivity index (χ1n) is 8.82. The Balaban J connectivity index is 1.61. The van der Waals surface area contributed by atoms with Crippen molar-refractivity contribution in [1.82, 2.24) is 20.1 Å². The smallest absolute Gasteiger partial charge is 0.406 e. The zero-order valence-corrected chi connectivity index (χ0v) is 16.3. The summed E-state index contributed by atoms with van der Waals surface area (Å²) in [4.78, 5) is 17.7. The van der Waals surface area contributed by atoms with Gasteiger partial charge in [-0.25, -0.2) is 4.98 Å². The highest BCUT2D eigenvalue weighted by molar-refractivity contribution is 7.99. The van der Waals surface area contributed by atoms with E-state index in [-0.39, 0.29) is 11.7 Å². The number of rotatable bonds is 8. The predicted octanol–water partition coefficient (Wildman–Crippen LogP) is 3.76. The van der Waals surface area contributed by atoms with E-state index in [1.165, 1.54) is 0 Å². The van der Waals surface area contributed by atoms with Crippen LogP contribution in [0.15, 0.2) is 29.4 Å². The van der Waals surface area contributed by atoms with E-state index in [2.05, 4.69) is 15.2 Å². The van der Waals surface area contributed by atoms with Gasteiger partial charge in [0.05, 0.1) is 12.9 Å². The van der Waals surface area contributed by atoms with Gasteiger partial charge < -0.3 is 9.64 Å². The number of carbonyl (C=O) groups is 1. The molecule has 1 aliphatic carbocycles. The number of nitrogens with zero attached hydrogens (tertiary/aromatic N) is 3. The minimum atomic E-state index is -4.42. The zero-order valence-electron chi connectivity index (χ0n) is 15.5. The van der Waals surface area contributed by atoms with Gasteiger partial charge in [-0.05, 0) is 49.9 Å². The van der Waals surface area contributed by atoms with Gasteiger partial charge in [-0.3, -0.25) is 9.89 Å². The summed E-state index contributed by atoms with van der Waals surface area (Å²) < 4.78 is 43.7. The molecule has 28 heavy (non-hydrogen) atoms. The highest BCUT2D eigenvalue weighted by Gasteiger charge is 2.40. The van der Waals surface area contributed by atoms with Gasteiger partial charge in [-0.15, -0.1) is 5.10 Å². The first kappa shape index (κ1) is 20.5. The second kappa shape index (κ2) is 8.42. The van der Waals surface area contributed by atoms with Crippen LogP contribution in [0.2, 0.25) is 0 Å². The molecule has 152 valence electrons. The maximum absolute atomic E-state index is 12.9. The van der Waals surface area contributed by atoms with Gasteiger partial charge in [-0.2, -0.15) is 13.2 Å². The number of aromatic nitrogens is 3. The Morgan fingerprint density at radius 2 is 2.04 bits per heavy atom. The van der Waals surface area contributed by atoms with Crippen molar-refractivity contribution in [2.45, 2.75) is 37.1 Å². The van der Waals surface area contributed by atoms with Crippen molar-refractivity contribution in [3.63, 3.8) is 0 Å². The largest absolute Gasteiger partial charge is 0.497 e. The molecule has 10 heteroatoms. The molecule has 1 atom stereocenters. The monoisotopic (exact) mass is 414 g/mol. The van der Waals surface area contributed by atoms with Gasteiger partial charge in [0.25, 0.3) is 0 Å². The normalized spacial score (nSPS) is 15.3. The van der Waals surface area contributed by atoms with Crippen molar-refractivity contribution in [3.05, 3.63) is 24.3 Å². The van der Waals surface area contributed by atoms with Crippen LogP contribution < -0.4 is 4.74 Å².